The quantitative estimate of drug-likeness (QED) is 0.709. The Bertz CT molecular complexity index is 742. The highest BCUT2D eigenvalue weighted by atomic mass is 16.5. The fourth-order valence-corrected chi connectivity index (χ4v) is 3.02. The summed E-state index contributed by atoms with van der Waals surface area (Å²) in [5, 5.41) is 9.03. The summed E-state index contributed by atoms with van der Waals surface area (Å²) in [6, 6.07) is 7.92. The second kappa shape index (κ2) is 9.50. The van der Waals surface area contributed by atoms with Crippen LogP contribution in [0.3, 0.4) is 0 Å². The van der Waals surface area contributed by atoms with Gasteiger partial charge in [-0.1, -0.05) is 12.1 Å². The van der Waals surface area contributed by atoms with Crippen LogP contribution in [0.2, 0.25) is 0 Å². The van der Waals surface area contributed by atoms with Gasteiger partial charge in [0.2, 0.25) is 5.89 Å². The number of rotatable bonds is 9. The molecule has 8 heteroatoms. The summed E-state index contributed by atoms with van der Waals surface area (Å²) in [4.78, 5) is 19.6. The summed E-state index contributed by atoms with van der Waals surface area (Å²) in [6.45, 7) is 6.21. The van der Waals surface area contributed by atoms with E-state index in [9.17, 15) is 4.79 Å². The molecule has 1 aromatic carbocycles. The van der Waals surface area contributed by atoms with Crippen molar-refractivity contribution < 1.29 is 23.8 Å². The number of carboxylic acids is 1. The van der Waals surface area contributed by atoms with Crippen molar-refractivity contribution in [3.05, 3.63) is 47.7 Å². The number of carboxylic acid groups (broad SMARTS) is 1. The van der Waals surface area contributed by atoms with Crippen LogP contribution < -0.4 is 4.74 Å². The molecule has 0 spiro atoms. The van der Waals surface area contributed by atoms with Gasteiger partial charge in [-0.25, -0.2) is 9.78 Å². The van der Waals surface area contributed by atoms with Crippen LogP contribution in [0.4, 0.5) is 0 Å². The fraction of sp³-hybridized carbons (Fsp3) is 0.474. The van der Waals surface area contributed by atoms with Gasteiger partial charge < -0.3 is 19.0 Å². The van der Waals surface area contributed by atoms with Gasteiger partial charge in [-0.15, -0.1) is 0 Å². The van der Waals surface area contributed by atoms with E-state index < -0.39 is 5.97 Å². The molecule has 8 nitrogen and oxygen atoms in total. The van der Waals surface area contributed by atoms with Crippen molar-refractivity contribution in [2.75, 3.05) is 46.5 Å². The topological polar surface area (TPSA) is 88.3 Å². The first-order chi connectivity index (χ1) is 13.1. The first-order valence-corrected chi connectivity index (χ1v) is 8.97. The average Bonchev–Trinajstić information content (AvgIpc) is 3.16. The number of hydrogen-bond acceptors (Lipinski definition) is 7. The zero-order valence-corrected chi connectivity index (χ0v) is 15.5. The highest BCUT2D eigenvalue weighted by Crippen LogP contribution is 2.16. The Balaban J connectivity index is 1.67. The Morgan fingerprint density at radius 2 is 2.15 bits per heavy atom. The summed E-state index contributed by atoms with van der Waals surface area (Å²) >= 11 is 0. The highest BCUT2D eigenvalue weighted by molar-refractivity contribution is 5.84. The SMILES string of the molecule is COc1cccc(CN(CCN2CCOCC2)Cc2nc(C(=O)O)co2)c1. The van der Waals surface area contributed by atoms with Gasteiger partial charge in [0.15, 0.2) is 5.69 Å². The van der Waals surface area contributed by atoms with Crippen LogP contribution >= 0.6 is 0 Å². The van der Waals surface area contributed by atoms with E-state index in [1.54, 1.807) is 7.11 Å². The van der Waals surface area contributed by atoms with Crippen molar-refractivity contribution in [2.24, 2.45) is 0 Å². The Morgan fingerprint density at radius 3 is 2.85 bits per heavy atom. The summed E-state index contributed by atoms with van der Waals surface area (Å²) < 4.78 is 16.0. The molecule has 3 rings (SSSR count). The standard InChI is InChI=1S/C19H25N3O5/c1-25-16-4-2-3-15(11-16)12-22(6-5-21-7-9-26-10-8-21)13-18-20-17(14-27-18)19(23)24/h2-4,11,14H,5-10,12-13H2,1H3,(H,23,24). The second-order valence-electron chi connectivity index (χ2n) is 6.45. The van der Waals surface area contributed by atoms with E-state index in [2.05, 4.69) is 14.8 Å². The first kappa shape index (κ1) is 19.3. The predicted octanol–water partition coefficient (Wildman–Crippen LogP) is 1.72. The van der Waals surface area contributed by atoms with Crippen molar-refractivity contribution in [2.45, 2.75) is 13.1 Å². The first-order valence-electron chi connectivity index (χ1n) is 8.97. The molecule has 0 atom stereocenters. The van der Waals surface area contributed by atoms with Gasteiger partial charge in [0.25, 0.3) is 0 Å². The number of aromatic carboxylic acids is 1. The monoisotopic (exact) mass is 375 g/mol. The molecule has 0 amide bonds. The number of aromatic nitrogens is 1. The lowest BCUT2D eigenvalue weighted by Gasteiger charge is -2.29. The molecule has 1 N–H and O–H groups in total. The number of morpholine rings is 1. The number of ether oxygens (including phenoxy) is 2. The van der Waals surface area contributed by atoms with Gasteiger partial charge in [-0.05, 0) is 17.7 Å². The average molecular weight is 375 g/mol. The van der Waals surface area contributed by atoms with E-state index in [1.165, 1.54) is 6.26 Å². The van der Waals surface area contributed by atoms with Crippen molar-refractivity contribution in [1.29, 1.82) is 0 Å². The maximum absolute atomic E-state index is 11.0. The largest absolute Gasteiger partial charge is 0.497 e. The molecular formula is C19H25N3O5. The minimum absolute atomic E-state index is 0.0699. The summed E-state index contributed by atoms with van der Waals surface area (Å²) in [7, 11) is 1.65. The molecule has 0 bridgehead atoms. The third-order valence-corrected chi connectivity index (χ3v) is 4.51. The zero-order chi connectivity index (χ0) is 19.1. The lowest BCUT2D eigenvalue weighted by Crippen LogP contribution is -2.41. The molecule has 1 aliphatic heterocycles. The van der Waals surface area contributed by atoms with Gasteiger partial charge in [0.1, 0.15) is 12.0 Å². The van der Waals surface area contributed by atoms with Gasteiger partial charge in [-0.3, -0.25) is 9.80 Å². The summed E-state index contributed by atoms with van der Waals surface area (Å²) in [6.07, 6.45) is 1.18. The molecular weight excluding hydrogens is 350 g/mol. The highest BCUT2D eigenvalue weighted by Gasteiger charge is 2.17. The molecule has 1 aromatic heterocycles. The molecule has 0 radical (unpaired) electrons. The maximum Gasteiger partial charge on any atom is 0.357 e. The van der Waals surface area contributed by atoms with Gasteiger partial charge in [-0.2, -0.15) is 0 Å². The number of methoxy groups -OCH3 is 1. The third kappa shape index (κ3) is 5.78. The molecule has 1 aliphatic rings. The van der Waals surface area contributed by atoms with Crippen LogP contribution in [0.15, 0.2) is 34.9 Å². The predicted molar refractivity (Wildman–Crippen MR) is 97.8 cm³/mol. The van der Waals surface area contributed by atoms with Crippen LogP contribution in [-0.2, 0) is 17.8 Å². The summed E-state index contributed by atoms with van der Waals surface area (Å²) in [5.74, 6) is 0.125. The van der Waals surface area contributed by atoms with E-state index >= 15 is 0 Å². The number of benzene rings is 1. The van der Waals surface area contributed by atoms with Crippen molar-refractivity contribution in [1.82, 2.24) is 14.8 Å². The lowest BCUT2D eigenvalue weighted by molar-refractivity contribution is 0.0320. The molecule has 0 unspecified atom stereocenters. The summed E-state index contributed by atoms with van der Waals surface area (Å²) in [5.41, 5.74) is 1.04. The minimum atomic E-state index is -1.09. The lowest BCUT2D eigenvalue weighted by atomic mass is 10.2. The third-order valence-electron chi connectivity index (χ3n) is 4.51. The fourth-order valence-electron chi connectivity index (χ4n) is 3.02. The Morgan fingerprint density at radius 1 is 1.33 bits per heavy atom. The number of oxazole rings is 1. The van der Waals surface area contributed by atoms with E-state index in [1.807, 2.05) is 24.3 Å². The van der Waals surface area contributed by atoms with E-state index in [-0.39, 0.29) is 5.69 Å². The Kier molecular flexibility index (Phi) is 6.80. The molecule has 2 aromatic rings. The normalized spacial score (nSPS) is 15.2. The smallest absolute Gasteiger partial charge is 0.357 e. The van der Waals surface area contributed by atoms with Gasteiger partial charge in [0, 0.05) is 32.7 Å². The van der Waals surface area contributed by atoms with Crippen LogP contribution in [-0.4, -0.2) is 72.4 Å². The zero-order valence-electron chi connectivity index (χ0n) is 15.5. The van der Waals surface area contributed by atoms with Crippen molar-refractivity contribution in [3.8, 4) is 5.75 Å². The Hall–Kier alpha value is -2.42. The molecule has 1 fully saturated rings. The van der Waals surface area contributed by atoms with E-state index in [0.717, 1.165) is 50.7 Å². The number of carbonyl (C=O) groups is 1. The minimum Gasteiger partial charge on any atom is -0.497 e. The van der Waals surface area contributed by atoms with Crippen LogP contribution in [0.25, 0.3) is 0 Å². The van der Waals surface area contributed by atoms with Crippen molar-refractivity contribution in [3.63, 3.8) is 0 Å². The van der Waals surface area contributed by atoms with Gasteiger partial charge in [0.05, 0.1) is 26.9 Å². The van der Waals surface area contributed by atoms with Crippen molar-refractivity contribution >= 4 is 5.97 Å². The Labute approximate surface area is 158 Å². The molecule has 1 saturated heterocycles. The number of nitrogens with zero attached hydrogens (tertiary/aromatic N) is 3. The van der Waals surface area contributed by atoms with E-state index in [0.29, 0.717) is 19.0 Å². The van der Waals surface area contributed by atoms with Gasteiger partial charge >= 0.3 is 5.97 Å². The second-order valence-corrected chi connectivity index (χ2v) is 6.45. The van der Waals surface area contributed by atoms with E-state index in [4.69, 9.17) is 19.0 Å². The molecule has 0 aliphatic carbocycles. The molecule has 146 valence electrons. The molecule has 2 heterocycles. The maximum atomic E-state index is 11.0. The molecule has 0 saturated carbocycles. The van der Waals surface area contributed by atoms with Crippen LogP contribution in [0, 0.1) is 0 Å². The molecule has 27 heavy (non-hydrogen) atoms. The van der Waals surface area contributed by atoms with Crippen LogP contribution in [0.1, 0.15) is 21.9 Å². The number of hydrogen-bond donors (Lipinski definition) is 1. The van der Waals surface area contributed by atoms with Crippen LogP contribution in [0.5, 0.6) is 5.75 Å².